The van der Waals surface area contributed by atoms with E-state index in [1.807, 2.05) is 12.1 Å². The number of hydrogen-bond acceptors (Lipinski definition) is 4. The molecule has 2 N–H and O–H groups in total. The van der Waals surface area contributed by atoms with Gasteiger partial charge in [-0.2, -0.15) is 0 Å². The molecule has 7 nitrogen and oxygen atoms in total. The molecular formula is C12H9N5O2. The van der Waals surface area contributed by atoms with Crippen LogP contribution in [0.5, 0.6) is 0 Å². The molecule has 3 aromatic heterocycles. The normalized spacial score (nSPS) is 11.6. The van der Waals surface area contributed by atoms with Crippen molar-refractivity contribution in [2.45, 2.75) is 0 Å². The number of benzene rings is 1. The van der Waals surface area contributed by atoms with Crippen molar-refractivity contribution in [3.63, 3.8) is 0 Å². The first-order chi connectivity index (χ1) is 9.22. The lowest BCUT2D eigenvalue weighted by atomic mass is 10.3. The zero-order valence-electron chi connectivity index (χ0n) is 9.97. The smallest absolute Gasteiger partial charge is 0.326 e. The third-order valence-electron chi connectivity index (χ3n) is 3.18. The number of rotatable bonds is 1. The van der Waals surface area contributed by atoms with E-state index in [0.29, 0.717) is 11.6 Å². The van der Waals surface area contributed by atoms with Gasteiger partial charge in [0, 0.05) is 13.1 Å². The molecule has 1 aromatic carbocycles. The van der Waals surface area contributed by atoms with Gasteiger partial charge in [-0.15, -0.1) is 0 Å². The number of aromatic amines is 2. The Hall–Kier alpha value is -2.83. The molecule has 0 aliphatic rings. The Morgan fingerprint density at radius 3 is 2.95 bits per heavy atom. The van der Waals surface area contributed by atoms with Gasteiger partial charge in [0.1, 0.15) is 0 Å². The van der Waals surface area contributed by atoms with E-state index in [0.717, 1.165) is 22.1 Å². The van der Waals surface area contributed by atoms with E-state index in [2.05, 4.69) is 20.1 Å². The standard InChI is InChI=1S/C12H9N5O2/c1-17-9-5-7-6(4-8(9)16-12(17)18)14-11(15-7)10-2-3-13-19-10/h2-5H,1H3,(H,14,15)(H,16,18). The molecule has 94 valence electrons. The summed E-state index contributed by atoms with van der Waals surface area (Å²) in [5.74, 6) is 1.19. The quantitative estimate of drug-likeness (QED) is 0.537. The van der Waals surface area contributed by atoms with E-state index in [4.69, 9.17) is 4.52 Å². The highest BCUT2D eigenvalue weighted by molar-refractivity contribution is 5.92. The minimum atomic E-state index is -0.141. The van der Waals surface area contributed by atoms with Crippen molar-refractivity contribution in [2.24, 2.45) is 7.05 Å². The van der Waals surface area contributed by atoms with Crippen LogP contribution >= 0.6 is 0 Å². The summed E-state index contributed by atoms with van der Waals surface area (Å²) in [5.41, 5.74) is 3.05. The highest BCUT2D eigenvalue weighted by Crippen LogP contribution is 2.23. The first-order valence-electron chi connectivity index (χ1n) is 5.72. The van der Waals surface area contributed by atoms with E-state index in [9.17, 15) is 4.79 Å². The highest BCUT2D eigenvalue weighted by Gasteiger charge is 2.11. The SMILES string of the molecule is Cn1c(=O)[nH]c2cc3[nH]c(-c4ccno4)nc3cc21. The maximum Gasteiger partial charge on any atom is 0.326 e. The average Bonchev–Trinajstić information content (AvgIpc) is 3.08. The van der Waals surface area contributed by atoms with Crippen LogP contribution in [0.25, 0.3) is 33.7 Å². The number of aryl methyl sites for hydroxylation is 1. The lowest BCUT2D eigenvalue weighted by molar-refractivity contribution is 0.430. The van der Waals surface area contributed by atoms with Crippen LogP contribution in [0.1, 0.15) is 0 Å². The first kappa shape index (κ1) is 10.1. The van der Waals surface area contributed by atoms with Crippen molar-refractivity contribution >= 4 is 22.1 Å². The molecule has 0 amide bonds. The third-order valence-corrected chi connectivity index (χ3v) is 3.18. The van der Waals surface area contributed by atoms with Crippen molar-refractivity contribution < 1.29 is 4.52 Å². The average molecular weight is 255 g/mol. The van der Waals surface area contributed by atoms with E-state index in [-0.39, 0.29) is 5.69 Å². The lowest BCUT2D eigenvalue weighted by Crippen LogP contribution is -2.11. The first-order valence-corrected chi connectivity index (χ1v) is 5.72. The van der Waals surface area contributed by atoms with E-state index < -0.39 is 0 Å². The second-order valence-corrected chi connectivity index (χ2v) is 4.34. The Balaban J connectivity index is 2.04. The summed E-state index contributed by atoms with van der Waals surface area (Å²) in [7, 11) is 1.72. The lowest BCUT2D eigenvalue weighted by Gasteiger charge is -1.92. The summed E-state index contributed by atoms with van der Waals surface area (Å²) in [4.78, 5) is 21.9. The van der Waals surface area contributed by atoms with Crippen LogP contribution in [0, 0.1) is 0 Å². The molecule has 3 heterocycles. The van der Waals surface area contributed by atoms with Gasteiger partial charge in [-0.1, -0.05) is 5.16 Å². The molecule has 0 bridgehead atoms. The summed E-state index contributed by atoms with van der Waals surface area (Å²) < 4.78 is 6.62. The van der Waals surface area contributed by atoms with E-state index in [1.165, 1.54) is 0 Å². The highest BCUT2D eigenvalue weighted by atomic mass is 16.5. The van der Waals surface area contributed by atoms with Gasteiger partial charge in [0.2, 0.25) is 5.76 Å². The van der Waals surface area contributed by atoms with Crippen LogP contribution in [0.2, 0.25) is 0 Å². The predicted molar refractivity (Wildman–Crippen MR) is 68.7 cm³/mol. The van der Waals surface area contributed by atoms with Gasteiger partial charge in [0.25, 0.3) is 0 Å². The number of imidazole rings is 2. The van der Waals surface area contributed by atoms with Crippen molar-refractivity contribution in [2.75, 3.05) is 0 Å². The van der Waals surface area contributed by atoms with Crippen LogP contribution in [-0.4, -0.2) is 24.7 Å². The Bertz CT molecular complexity index is 942. The fourth-order valence-corrected chi connectivity index (χ4v) is 2.19. The zero-order valence-corrected chi connectivity index (χ0v) is 9.97. The van der Waals surface area contributed by atoms with Gasteiger partial charge in [0.05, 0.1) is 28.3 Å². The Kier molecular flexibility index (Phi) is 1.78. The summed E-state index contributed by atoms with van der Waals surface area (Å²) >= 11 is 0. The van der Waals surface area contributed by atoms with Crippen molar-refractivity contribution in [3.8, 4) is 11.6 Å². The summed E-state index contributed by atoms with van der Waals surface area (Å²) in [5, 5.41) is 3.65. The van der Waals surface area contributed by atoms with Gasteiger partial charge < -0.3 is 14.5 Å². The number of H-pyrrole nitrogens is 2. The number of aromatic nitrogens is 5. The summed E-state index contributed by atoms with van der Waals surface area (Å²) in [6.07, 6.45) is 1.57. The second-order valence-electron chi connectivity index (χ2n) is 4.34. The number of fused-ring (bicyclic) bond motifs is 2. The van der Waals surface area contributed by atoms with Crippen molar-refractivity contribution in [3.05, 3.63) is 34.9 Å². The molecule has 0 saturated carbocycles. The molecule has 0 fully saturated rings. The minimum Gasteiger partial charge on any atom is -0.353 e. The van der Waals surface area contributed by atoms with Crippen molar-refractivity contribution in [1.82, 2.24) is 24.7 Å². The number of nitrogens with zero attached hydrogens (tertiary/aromatic N) is 3. The molecule has 7 heteroatoms. The fraction of sp³-hybridized carbons (Fsp3) is 0.0833. The molecule has 0 aliphatic heterocycles. The molecule has 0 unspecified atom stereocenters. The second kappa shape index (κ2) is 3.35. The largest absolute Gasteiger partial charge is 0.353 e. The Labute approximate surface area is 105 Å². The maximum absolute atomic E-state index is 11.5. The van der Waals surface area contributed by atoms with Crippen LogP contribution < -0.4 is 5.69 Å². The van der Waals surface area contributed by atoms with Crippen LogP contribution in [0.15, 0.2) is 33.7 Å². The Morgan fingerprint density at radius 1 is 1.26 bits per heavy atom. The number of nitrogens with one attached hydrogen (secondary N) is 2. The molecule has 0 aliphatic carbocycles. The molecular weight excluding hydrogens is 246 g/mol. The monoisotopic (exact) mass is 255 g/mol. The summed E-state index contributed by atoms with van der Waals surface area (Å²) in [6.45, 7) is 0. The van der Waals surface area contributed by atoms with Crippen LogP contribution in [0.4, 0.5) is 0 Å². The van der Waals surface area contributed by atoms with E-state index >= 15 is 0 Å². The van der Waals surface area contributed by atoms with Gasteiger partial charge in [-0.3, -0.25) is 4.57 Å². The zero-order chi connectivity index (χ0) is 13.0. The van der Waals surface area contributed by atoms with Crippen molar-refractivity contribution in [1.29, 1.82) is 0 Å². The van der Waals surface area contributed by atoms with Crippen LogP contribution in [-0.2, 0) is 7.05 Å². The molecule has 0 atom stereocenters. The fourth-order valence-electron chi connectivity index (χ4n) is 2.19. The molecule has 0 spiro atoms. The van der Waals surface area contributed by atoms with Gasteiger partial charge in [-0.25, -0.2) is 9.78 Å². The van der Waals surface area contributed by atoms with Gasteiger partial charge in [0.15, 0.2) is 5.82 Å². The Morgan fingerprint density at radius 2 is 2.16 bits per heavy atom. The third kappa shape index (κ3) is 1.35. The molecule has 4 rings (SSSR count). The number of hydrogen-bond donors (Lipinski definition) is 2. The van der Waals surface area contributed by atoms with Crippen LogP contribution in [0.3, 0.4) is 0 Å². The van der Waals surface area contributed by atoms with Gasteiger partial charge >= 0.3 is 5.69 Å². The molecule has 19 heavy (non-hydrogen) atoms. The van der Waals surface area contributed by atoms with Gasteiger partial charge in [-0.05, 0) is 12.1 Å². The molecule has 0 saturated heterocycles. The molecule has 4 aromatic rings. The topological polar surface area (TPSA) is 92.5 Å². The maximum atomic E-state index is 11.5. The molecule has 0 radical (unpaired) electrons. The van der Waals surface area contributed by atoms with E-state index in [1.54, 1.807) is 23.9 Å². The predicted octanol–water partition coefficient (Wildman–Crippen LogP) is 1.40. The minimum absolute atomic E-state index is 0.141. The summed E-state index contributed by atoms with van der Waals surface area (Å²) in [6, 6.07) is 5.46.